The number of nitrogens with one attached hydrogen (secondary N) is 1. The fourth-order valence-corrected chi connectivity index (χ4v) is 3.62. The van der Waals surface area contributed by atoms with Gasteiger partial charge < -0.3 is 5.32 Å². The number of nitrogens with zero attached hydrogens (tertiary/aromatic N) is 3. The summed E-state index contributed by atoms with van der Waals surface area (Å²) in [5.41, 5.74) is 1.29. The summed E-state index contributed by atoms with van der Waals surface area (Å²) in [6, 6.07) is 8.89. The molecule has 1 aromatic carbocycles. The first-order valence-corrected chi connectivity index (χ1v) is 9.75. The SMILES string of the molecule is CC(C)NC(=O)c1nc(-c2cccc(F)c2)c(-c2ccc(=O)n(C(C)C)n2)s1. The van der Waals surface area contributed by atoms with Gasteiger partial charge in [-0.25, -0.2) is 14.1 Å². The molecule has 6 nitrogen and oxygen atoms in total. The molecule has 1 N–H and O–H groups in total. The number of carbonyl (C=O) groups is 1. The molecule has 0 saturated heterocycles. The van der Waals surface area contributed by atoms with Gasteiger partial charge >= 0.3 is 0 Å². The largest absolute Gasteiger partial charge is 0.348 e. The Kier molecular flexibility index (Phi) is 5.69. The normalized spacial score (nSPS) is 11.2. The Hall–Kier alpha value is -2.87. The standard InChI is InChI=1S/C20H21FN4O2S/c1-11(2)22-19(27)20-23-17(13-6-5-7-14(21)10-13)18(28-20)15-8-9-16(26)25(24-15)12(3)4/h5-12H,1-4H3,(H,22,27). The van der Waals surface area contributed by atoms with E-state index < -0.39 is 5.82 Å². The van der Waals surface area contributed by atoms with Crippen molar-refractivity contribution in [2.75, 3.05) is 0 Å². The van der Waals surface area contributed by atoms with Crippen LogP contribution in [-0.4, -0.2) is 26.7 Å². The molecule has 146 valence electrons. The zero-order valence-electron chi connectivity index (χ0n) is 16.1. The Labute approximate surface area is 166 Å². The van der Waals surface area contributed by atoms with Crippen LogP contribution in [0.1, 0.15) is 43.5 Å². The molecular formula is C20H21FN4O2S. The monoisotopic (exact) mass is 400 g/mol. The molecule has 0 unspecified atom stereocenters. The molecule has 0 radical (unpaired) electrons. The molecule has 0 saturated carbocycles. The lowest BCUT2D eigenvalue weighted by molar-refractivity contribution is 0.0943. The number of carbonyl (C=O) groups excluding carboxylic acids is 1. The van der Waals surface area contributed by atoms with Crippen LogP contribution in [0.25, 0.3) is 21.8 Å². The minimum absolute atomic E-state index is 0.0431. The van der Waals surface area contributed by atoms with Crippen LogP contribution < -0.4 is 10.9 Å². The van der Waals surface area contributed by atoms with Crippen molar-refractivity contribution < 1.29 is 9.18 Å². The highest BCUT2D eigenvalue weighted by molar-refractivity contribution is 7.17. The second kappa shape index (κ2) is 8.02. The lowest BCUT2D eigenvalue weighted by Gasteiger charge is -2.10. The van der Waals surface area contributed by atoms with Gasteiger partial charge in [-0.2, -0.15) is 5.10 Å². The third-order valence-electron chi connectivity index (χ3n) is 3.89. The lowest BCUT2D eigenvalue weighted by atomic mass is 10.1. The highest BCUT2D eigenvalue weighted by Gasteiger charge is 2.21. The highest BCUT2D eigenvalue weighted by atomic mass is 32.1. The third kappa shape index (κ3) is 4.17. The summed E-state index contributed by atoms with van der Waals surface area (Å²) in [7, 11) is 0. The molecule has 1 amide bonds. The van der Waals surface area contributed by atoms with E-state index in [9.17, 15) is 14.0 Å². The molecule has 28 heavy (non-hydrogen) atoms. The van der Waals surface area contributed by atoms with Gasteiger partial charge in [0.05, 0.1) is 16.6 Å². The number of rotatable bonds is 5. The molecule has 2 aromatic heterocycles. The Balaban J connectivity index is 2.19. The van der Waals surface area contributed by atoms with Crippen LogP contribution >= 0.6 is 11.3 Å². The maximum Gasteiger partial charge on any atom is 0.280 e. The number of amides is 1. The van der Waals surface area contributed by atoms with Crippen molar-refractivity contribution in [1.82, 2.24) is 20.1 Å². The van der Waals surface area contributed by atoms with Crippen LogP contribution in [0.2, 0.25) is 0 Å². The first-order chi connectivity index (χ1) is 13.3. The number of thiazole rings is 1. The summed E-state index contributed by atoms with van der Waals surface area (Å²) in [4.78, 5) is 29.6. The van der Waals surface area contributed by atoms with E-state index in [2.05, 4.69) is 15.4 Å². The van der Waals surface area contributed by atoms with Crippen molar-refractivity contribution in [3.63, 3.8) is 0 Å². The summed E-state index contributed by atoms with van der Waals surface area (Å²) < 4.78 is 15.2. The molecule has 2 heterocycles. The van der Waals surface area contributed by atoms with Gasteiger partial charge in [-0.05, 0) is 45.9 Å². The van der Waals surface area contributed by atoms with E-state index in [0.717, 1.165) is 0 Å². The summed E-state index contributed by atoms with van der Waals surface area (Å²) in [6.45, 7) is 7.44. The Morgan fingerprint density at radius 3 is 2.57 bits per heavy atom. The highest BCUT2D eigenvalue weighted by Crippen LogP contribution is 2.36. The quantitative estimate of drug-likeness (QED) is 0.705. The number of hydrogen-bond acceptors (Lipinski definition) is 5. The molecular weight excluding hydrogens is 379 g/mol. The molecule has 8 heteroatoms. The lowest BCUT2D eigenvalue weighted by Crippen LogP contribution is -2.29. The minimum atomic E-state index is -0.398. The Morgan fingerprint density at radius 2 is 1.93 bits per heavy atom. The van der Waals surface area contributed by atoms with Gasteiger partial charge in [0.2, 0.25) is 0 Å². The zero-order chi connectivity index (χ0) is 20.4. The van der Waals surface area contributed by atoms with E-state index in [-0.39, 0.29) is 28.6 Å². The van der Waals surface area contributed by atoms with E-state index in [1.54, 1.807) is 18.2 Å². The van der Waals surface area contributed by atoms with Crippen LogP contribution in [-0.2, 0) is 0 Å². The molecule has 0 fully saturated rings. The van der Waals surface area contributed by atoms with Gasteiger partial charge in [0.1, 0.15) is 11.5 Å². The smallest absolute Gasteiger partial charge is 0.280 e. The second-order valence-corrected chi connectivity index (χ2v) is 7.93. The summed E-state index contributed by atoms with van der Waals surface area (Å²) in [6.07, 6.45) is 0. The number of benzene rings is 1. The topological polar surface area (TPSA) is 76.9 Å². The van der Waals surface area contributed by atoms with E-state index in [0.29, 0.717) is 21.8 Å². The molecule has 0 spiro atoms. The first kappa shape index (κ1) is 19.9. The first-order valence-electron chi connectivity index (χ1n) is 8.94. The van der Waals surface area contributed by atoms with Crippen LogP contribution in [0.3, 0.4) is 0 Å². The van der Waals surface area contributed by atoms with Gasteiger partial charge in [-0.15, -0.1) is 11.3 Å². The van der Waals surface area contributed by atoms with Crippen LogP contribution in [0.4, 0.5) is 4.39 Å². The molecule has 0 aliphatic carbocycles. The summed E-state index contributed by atoms with van der Waals surface area (Å²) in [5, 5.41) is 7.50. The Morgan fingerprint density at radius 1 is 1.18 bits per heavy atom. The van der Waals surface area contributed by atoms with E-state index in [1.165, 1.54) is 34.2 Å². The molecule has 0 bridgehead atoms. The fraction of sp³-hybridized carbons (Fsp3) is 0.300. The second-order valence-electron chi connectivity index (χ2n) is 6.93. The number of aromatic nitrogens is 3. The third-order valence-corrected chi connectivity index (χ3v) is 4.96. The van der Waals surface area contributed by atoms with Crippen LogP contribution in [0.5, 0.6) is 0 Å². The van der Waals surface area contributed by atoms with Gasteiger partial charge in [-0.1, -0.05) is 12.1 Å². The van der Waals surface area contributed by atoms with Crippen LogP contribution in [0.15, 0.2) is 41.2 Å². The molecule has 0 aliphatic rings. The Bertz CT molecular complexity index is 1070. The van der Waals surface area contributed by atoms with Gasteiger partial charge in [0, 0.05) is 17.7 Å². The minimum Gasteiger partial charge on any atom is -0.348 e. The van der Waals surface area contributed by atoms with Crippen molar-refractivity contribution in [3.05, 3.63) is 57.6 Å². The van der Waals surface area contributed by atoms with Crippen molar-refractivity contribution in [1.29, 1.82) is 0 Å². The fourth-order valence-electron chi connectivity index (χ4n) is 2.66. The average molecular weight is 400 g/mol. The predicted octanol–water partition coefficient (Wildman–Crippen LogP) is 3.89. The number of halogens is 1. The van der Waals surface area contributed by atoms with Crippen LogP contribution in [0, 0.1) is 5.82 Å². The van der Waals surface area contributed by atoms with Gasteiger partial charge in [-0.3, -0.25) is 9.59 Å². The molecule has 3 rings (SSSR count). The average Bonchev–Trinajstić information content (AvgIpc) is 3.07. The zero-order valence-corrected chi connectivity index (χ0v) is 16.9. The van der Waals surface area contributed by atoms with Gasteiger partial charge in [0.15, 0.2) is 5.01 Å². The van der Waals surface area contributed by atoms with E-state index in [1.807, 2.05) is 27.7 Å². The maximum atomic E-state index is 13.8. The molecule has 0 atom stereocenters. The maximum absolute atomic E-state index is 13.8. The summed E-state index contributed by atoms with van der Waals surface area (Å²) >= 11 is 1.17. The molecule has 0 aliphatic heterocycles. The van der Waals surface area contributed by atoms with E-state index in [4.69, 9.17) is 0 Å². The van der Waals surface area contributed by atoms with Crippen molar-refractivity contribution in [3.8, 4) is 21.8 Å². The van der Waals surface area contributed by atoms with E-state index >= 15 is 0 Å². The van der Waals surface area contributed by atoms with Gasteiger partial charge in [0.25, 0.3) is 11.5 Å². The number of hydrogen-bond donors (Lipinski definition) is 1. The van der Waals surface area contributed by atoms with Crippen molar-refractivity contribution in [2.45, 2.75) is 39.8 Å². The van der Waals surface area contributed by atoms with Crippen molar-refractivity contribution in [2.24, 2.45) is 0 Å². The summed E-state index contributed by atoms with van der Waals surface area (Å²) in [5.74, 6) is -0.703. The predicted molar refractivity (Wildman–Crippen MR) is 108 cm³/mol. The molecule has 3 aromatic rings. The van der Waals surface area contributed by atoms with Crippen molar-refractivity contribution >= 4 is 17.2 Å².